The summed E-state index contributed by atoms with van der Waals surface area (Å²) < 4.78 is 6.00. The zero-order valence-corrected chi connectivity index (χ0v) is 16.2. The molecule has 2 aliphatic rings. The smallest absolute Gasteiger partial charge is 0.320 e. The molecule has 4 rings (SSSR count). The molecule has 0 radical (unpaired) electrons. The summed E-state index contributed by atoms with van der Waals surface area (Å²) >= 11 is 0. The average Bonchev–Trinajstić information content (AvgIpc) is 3.39. The predicted molar refractivity (Wildman–Crippen MR) is 107 cm³/mol. The number of nitrogens with one attached hydrogen (secondary N) is 1. The Labute approximate surface area is 169 Å². The van der Waals surface area contributed by atoms with Crippen LogP contribution in [-0.2, 0) is 9.59 Å². The maximum Gasteiger partial charge on any atom is 0.320 e. The molecule has 1 heterocycles. The molecule has 0 amide bonds. The van der Waals surface area contributed by atoms with E-state index in [1.54, 1.807) is 0 Å². The van der Waals surface area contributed by atoms with Crippen molar-refractivity contribution in [1.82, 2.24) is 5.32 Å². The monoisotopic (exact) mass is 395 g/mol. The molecule has 1 fully saturated rings. The molecule has 6 nitrogen and oxygen atoms in total. The predicted octanol–water partition coefficient (Wildman–Crippen LogP) is 3.86. The Kier molecular flexibility index (Phi) is 5.28. The van der Waals surface area contributed by atoms with Crippen molar-refractivity contribution in [3.63, 3.8) is 0 Å². The molecule has 4 atom stereocenters. The Bertz CT molecular complexity index is 881. The van der Waals surface area contributed by atoms with Gasteiger partial charge < -0.3 is 20.3 Å². The number of carboxylic acid groups (broad SMARTS) is 2. The molecular weight excluding hydrogens is 370 g/mol. The molecule has 6 heteroatoms. The van der Waals surface area contributed by atoms with Crippen LogP contribution in [0.25, 0.3) is 0 Å². The first-order chi connectivity index (χ1) is 14.0. The van der Waals surface area contributed by atoms with Crippen LogP contribution in [0.2, 0.25) is 0 Å². The van der Waals surface area contributed by atoms with Crippen LogP contribution in [0.5, 0.6) is 11.5 Å². The van der Waals surface area contributed by atoms with Gasteiger partial charge in [-0.2, -0.15) is 0 Å². The Morgan fingerprint density at radius 2 is 1.62 bits per heavy atom. The number of carboxylic acids is 2. The molecule has 0 spiro atoms. The standard InChI is InChI=1S/C23H25NO5/c1-2-7-15-20(23(27)28)21(15)24-17(22(25)26)12-16-13-8-3-5-10-18(13)29-19-11-6-4-9-14(16)19/h3-6,8-11,15-17,20-21,24H,2,7,12H2,1H3,(H,25,26)(H,27,28). The van der Waals surface area contributed by atoms with Gasteiger partial charge in [-0.05, 0) is 30.9 Å². The number of carbonyl (C=O) groups is 2. The van der Waals surface area contributed by atoms with Crippen molar-refractivity contribution in [2.24, 2.45) is 11.8 Å². The SMILES string of the molecule is CCCC1C(NC(CC2c3ccccc3Oc3ccccc32)C(=O)O)C1C(=O)O. The van der Waals surface area contributed by atoms with Crippen molar-refractivity contribution in [2.75, 3.05) is 0 Å². The van der Waals surface area contributed by atoms with Crippen LogP contribution in [0.4, 0.5) is 0 Å². The van der Waals surface area contributed by atoms with E-state index >= 15 is 0 Å². The first kappa shape index (κ1) is 19.5. The largest absolute Gasteiger partial charge is 0.481 e. The van der Waals surface area contributed by atoms with E-state index in [9.17, 15) is 19.8 Å². The maximum atomic E-state index is 12.1. The molecule has 2 aromatic carbocycles. The topological polar surface area (TPSA) is 95.9 Å². The normalized spacial score (nSPS) is 23.4. The third-order valence-corrected chi connectivity index (χ3v) is 6.05. The van der Waals surface area contributed by atoms with E-state index in [0.29, 0.717) is 6.42 Å². The second-order valence-electron chi connectivity index (χ2n) is 7.87. The number of aliphatic carboxylic acids is 2. The highest BCUT2D eigenvalue weighted by Crippen LogP contribution is 2.47. The van der Waals surface area contributed by atoms with Gasteiger partial charge in [0.2, 0.25) is 0 Å². The van der Waals surface area contributed by atoms with Gasteiger partial charge in [0.25, 0.3) is 0 Å². The van der Waals surface area contributed by atoms with Crippen LogP contribution in [0, 0.1) is 11.8 Å². The van der Waals surface area contributed by atoms with Gasteiger partial charge in [0.05, 0.1) is 5.92 Å². The Morgan fingerprint density at radius 1 is 1.03 bits per heavy atom. The molecule has 3 N–H and O–H groups in total. The van der Waals surface area contributed by atoms with Crippen molar-refractivity contribution in [3.05, 3.63) is 59.7 Å². The van der Waals surface area contributed by atoms with Crippen LogP contribution in [0.1, 0.15) is 43.2 Å². The van der Waals surface area contributed by atoms with Gasteiger partial charge in [-0.1, -0.05) is 49.7 Å². The number of para-hydroxylation sites is 2. The minimum atomic E-state index is -0.960. The summed E-state index contributed by atoms with van der Waals surface area (Å²) in [7, 11) is 0. The molecule has 1 aliphatic carbocycles. The lowest BCUT2D eigenvalue weighted by Crippen LogP contribution is -2.41. The van der Waals surface area contributed by atoms with Crippen molar-refractivity contribution in [2.45, 2.75) is 44.2 Å². The van der Waals surface area contributed by atoms with E-state index in [4.69, 9.17) is 4.74 Å². The summed E-state index contributed by atoms with van der Waals surface area (Å²) in [6.07, 6.45) is 1.99. The van der Waals surface area contributed by atoms with Crippen LogP contribution >= 0.6 is 0 Å². The summed E-state index contributed by atoms with van der Waals surface area (Å²) in [6, 6.07) is 14.2. The second-order valence-corrected chi connectivity index (χ2v) is 7.87. The number of hydrogen-bond acceptors (Lipinski definition) is 4. The van der Waals surface area contributed by atoms with Crippen LogP contribution in [0.3, 0.4) is 0 Å². The molecule has 152 valence electrons. The fraction of sp³-hybridized carbons (Fsp3) is 0.391. The Hall–Kier alpha value is -2.86. The van der Waals surface area contributed by atoms with Crippen molar-refractivity contribution in [1.29, 1.82) is 0 Å². The lowest BCUT2D eigenvalue weighted by atomic mass is 9.83. The molecule has 1 aliphatic heterocycles. The Balaban J connectivity index is 1.60. The summed E-state index contributed by atoms with van der Waals surface area (Å²) in [4.78, 5) is 23.6. The van der Waals surface area contributed by atoms with Gasteiger partial charge in [-0.15, -0.1) is 0 Å². The van der Waals surface area contributed by atoms with Crippen LogP contribution in [-0.4, -0.2) is 34.2 Å². The highest BCUT2D eigenvalue weighted by molar-refractivity contribution is 5.77. The van der Waals surface area contributed by atoms with E-state index in [2.05, 4.69) is 5.32 Å². The lowest BCUT2D eigenvalue weighted by molar-refractivity contribution is -0.141. The van der Waals surface area contributed by atoms with E-state index in [0.717, 1.165) is 35.5 Å². The first-order valence-corrected chi connectivity index (χ1v) is 10.1. The summed E-state index contributed by atoms with van der Waals surface area (Å²) in [5, 5.41) is 22.5. The second kappa shape index (κ2) is 7.87. The maximum absolute atomic E-state index is 12.1. The minimum absolute atomic E-state index is 0.00592. The van der Waals surface area contributed by atoms with Crippen molar-refractivity contribution in [3.8, 4) is 11.5 Å². The molecule has 0 aromatic heterocycles. The lowest BCUT2D eigenvalue weighted by Gasteiger charge is -2.30. The van der Waals surface area contributed by atoms with Gasteiger partial charge in [0, 0.05) is 23.1 Å². The molecular formula is C23H25NO5. The summed E-state index contributed by atoms with van der Waals surface area (Å²) in [6.45, 7) is 2.01. The van der Waals surface area contributed by atoms with Crippen molar-refractivity contribution >= 4 is 11.9 Å². The molecule has 1 saturated carbocycles. The number of fused-ring (bicyclic) bond motifs is 2. The highest BCUT2D eigenvalue weighted by Gasteiger charge is 2.55. The zero-order valence-electron chi connectivity index (χ0n) is 16.2. The molecule has 2 aromatic rings. The number of ether oxygens (including phenoxy) is 1. The fourth-order valence-electron chi connectivity index (χ4n) is 4.60. The highest BCUT2D eigenvalue weighted by atomic mass is 16.5. The number of benzene rings is 2. The van der Waals surface area contributed by atoms with E-state index in [1.165, 1.54) is 0 Å². The Morgan fingerprint density at radius 3 is 2.14 bits per heavy atom. The van der Waals surface area contributed by atoms with Gasteiger partial charge in [0.1, 0.15) is 17.5 Å². The fourth-order valence-corrected chi connectivity index (χ4v) is 4.60. The van der Waals surface area contributed by atoms with E-state index < -0.39 is 23.9 Å². The zero-order chi connectivity index (χ0) is 20.5. The van der Waals surface area contributed by atoms with Crippen molar-refractivity contribution < 1.29 is 24.5 Å². The van der Waals surface area contributed by atoms with E-state index in [1.807, 2.05) is 55.5 Å². The third kappa shape index (κ3) is 3.72. The van der Waals surface area contributed by atoms with Gasteiger partial charge >= 0.3 is 11.9 Å². The first-order valence-electron chi connectivity index (χ1n) is 10.1. The summed E-state index contributed by atoms with van der Waals surface area (Å²) in [5.41, 5.74) is 1.91. The van der Waals surface area contributed by atoms with E-state index in [-0.39, 0.29) is 17.9 Å². The van der Waals surface area contributed by atoms with Gasteiger partial charge in [-0.3, -0.25) is 9.59 Å². The molecule has 0 saturated heterocycles. The van der Waals surface area contributed by atoms with Gasteiger partial charge in [0.15, 0.2) is 0 Å². The molecule has 4 unspecified atom stereocenters. The average molecular weight is 395 g/mol. The van der Waals surface area contributed by atoms with Gasteiger partial charge in [-0.25, -0.2) is 0 Å². The molecule has 0 bridgehead atoms. The summed E-state index contributed by atoms with van der Waals surface area (Å²) in [5.74, 6) is -1.00. The quantitative estimate of drug-likeness (QED) is 0.628. The van der Waals surface area contributed by atoms with Crippen LogP contribution < -0.4 is 10.1 Å². The third-order valence-electron chi connectivity index (χ3n) is 6.05. The number of rotatable bonds is 8. The molecule has 29 heavy (non-hydrogen) atoms. The number of hydrogen-bond donors (Lipinski definition) is 3. The minimum Gasteiger partial charge on any atom is -0.481 e. The van der Waals surface area contributed by atoms with Crippen LogP contribution in [0.15, 0.2) is 48.5 Å².